The highest BCUT2D eigenvalue weighted by Crippen LogP contribution is 2.40. The van der Waals surface area contributed by atoms with Gasteiger partial charge < -0.3 is 20.7 Å². The molecule has 0 aliphatic heterocycles. The van der Waals surface area contributed by atoms with E-state index in [2.05, 4.69) is 0 Å². The second-order valence-corrected chi connectivity index (χ2v) is 3.59. The lowest BCUT2D eigenvalue weighted by atomic mass is 9.95. The lowest BCUT2D eigenvalue weighted by Crippen LogP contribution is -2.36. The predicted octanol–water partition coefficient (Wildman–Crippen LogP) is 1.32. The Kier molecular flexibility index (Phi) is 5.96. The number of ether oxygens (including phenoxy) is 1. The van der Waals surface area contributed by atoms with Gasteiger partial charge in [-0.15, -0.1) is 12.4 Å². The van der Waals surface area contributed by atoms with Gasteiger partial charge in [-0.2, -0.15) is 5.26 Å². The van der Waals surface area contributed by atoms with Crippen LogP contribution in [0.25, 0.3) is 0 Å². The highest BCUT2D eigenvalue weighted by Gasteiger charge is 2.40. The van der Waals surface area contributed by atoms with E-state index in [9.17, 15) is 13.9 Å². The number of methoxy groups -OCH3 is 1. The SMILES string of the molecule is COc1ccc(C#N)c([C@H](N)C(F)(F)CO)c1O.Cl. The van der Waals surface area contributed by atoms with Gasteiger partial charge in [-0.05, 0) is 12.1 Å². The number of phenols is 1. The van der Waals surface area contributed by atoms with Gasteiger partial charge in [0.15, 0.2) is 11.5 Å². The molecule has 1 aromatic rings. The molecule has 106 valence electrons. The van der Waals surface area contributed by atoms with Crippen molar-refractivity contribution < 1.29 is 23.7 Å². The summed E-state index contributed by atoms with van der Waals surface area (Å²) in [5.41, 5.74) is 4.66. The van der Waals surface area contributed by atoms with Gasteiger partial charge in [0.2, 0.25) is 0 Å². The maximum Gasteiger partial charge on any atom is 0.289 e. The molecule has 0 amide bonds. The Balaban J connectivity index is 0.00000324. The second kappa shape index (κ2) is 6.52. The first kappa shape index (κ1) is 17.4. The lowest BCUT2D eigenvalue weighted by Gasteiger charge is -2.23. The van der Waals surface area contributed by atoms with Crippen LogP contribution in [-0.2, 0) is 0 Å². The molecule has 0 saturated heterocycles. The van der Waals surface area contributed by atoms with Crippen molar-refractivity contribution in [3.63, 3.8) is 0 Å². The maximum absolute atomic E-state index is 13.3. The monoisotopic (exact) mass is 294 g/mol. The fraction of sp³-hybridized carbons (Fsp3) is 0.364. The van der Waals surface area contributed by atoms with E-state index >= 15 is 0 Å². The van der Waals surface area contributed by atoms with Crippen molar-refractivity contribution in [2.75, 3.05) is 13.7 Å². The zero-order valence-corrected chi connectivity index (χ0v) is 10.7. The Morgan fingerprint density at radius 3 is 2.53 bits per heavy atom. The quantitative estimate of drug-likeness (QED) is 0.778. The number of phenolic OH excluding ortho intramolecular Hbond substituents is 1. The standard InChI is InChI=1S/C11H12F2N2O3.ClH/c1-18-7-3-2-6(4-14)8(9(7)17)10(15)11(12,13)5-16;/h2-3,10,16-17H,5,15H2,1H3;1H/t10-;/m0./s1. The van der Waals surface area contributed by atoms with E-state index < -0.39 is 29.9 Å². The van der Waals surface area contributed by atoms with Gasteiger partial charge in [0.05, 0.1) is 18.7 Å². The number of nitrogens with two attached hydrogens (primary N) is 1. The molecule has 0 spiro atoms. The first-order valence-corrected chi connectivity index (χ1v) is 4.93. The van der Waals surface area contributed by atoms with Gasteiger partial charge in [0.25, 0.3) is 5.92 Å². The predicted molar refractivity (Wildman–Crippen MR) is 65.6 cm³/mol. The van der Waals surface area contributed by atoms with Crippen LogP contribution in [0.3, 0.4) is 0 Å². The van der Waals surface area contributed by atoms with Crippen molar-refractivity contribution in [2.45, 2.75) is 12.0 Å². The number of aliphatic hydroxyl groups excluding tert-OH is 1. The molecule has 0 heterocycles. The van der Waals surface area contributed by atoms with Crippen molar-refractivity contribution in [1.29, 1.82) is 5.26 Å². The van der Waals surface area contributed by atoms with Gasteiger partial charge in [0, 0.05) is 5.56 Å². The number of hydrogen-bond donors (Lipinski definition) is 3. The summed E-state index contributed by atoms with van der Waals surface area (Å²) in [5.74, 6) is -4.36. The number of rotatable bonds is 4. The molecule has 0 saturated carbocycles. The molecule has 0 aliphatic rings. The van der Waals surface area contributed by atoms with Crippen LogP contribution in [-0.4, -0.2) is 29.9 Å². The number of hydrogen-bond acceptors (Lipinski definition) is 5. The second-order valence-electron chi connectivity index (χ2n) is 3.59. The summed E-state index contributed by atoms with van der Waals surface area (Å²) in [6.45, 7) is -1.49. The number of benzene rings is 1. The normalized spacial score (nSPS) is 12.2. The summed E-state index contributed by atoms with van der Waals surface area (Å²) in [6, 6.07) is 2.12. The molecule has 19 heavy (non-hydrogen) atoms. The van der Waals surface area contributed by atoms with Crippen molar-refractivity contribution in [2.24, 2.45) is 5.73 Å². The van der Waals surface area contributed by atoms with Gasteiger partial charge in [-0.1, -0.05) is 0 Å². The molecule has 4 N–H and O–H groups in total. The Labute approximate surface area is 114 Å². The number of aliphatic hydroxyl groups is 1. The first-order valence-electron chi connectivity index (χ1n) is 4.93. The molecule has 0 radical (unpaired) electrons. The molecule has 0 aromatic heterocycles. The van der Waals surface area contributed by atoms with Crippen molar-refractivity contribution in [1.82, 2.24) is 0 Å². The summed E-state index contributed by atoms with van der Waals surface area (Å²) in [7, 11) is 1.24. The zero-order valence-electron chi connectivity index (χ0n) is 9.93. The van der Waals surface area contributed by atoms with E-state index in [0.29, 0.717) is 0 Å². The van der Waals surface area contributed by atoms with Crippen LogP contribution in [0.2, 0.25) is 0 Å². The third-order valence-corrected chi connectivity index (χ3v) is 2.50. The highest BCUT2D eigenvalue weighted by molar-refractivity contribution is 5.85. The molecule has 1 atom stereocenters. The van der Waals surface area contributed by atoms with E-state index in [0.717, 1.165) is 0 Å². The number of nitrogens with zero attached hydrogens (tertiary/aromatic N) is 1. The van der Waals surface area contributed by atoms with Crippen molar-refractivity contribution in [3.8, 4) is 17.6 Å². The van der Waals surface area contributed by atoms with Gasteiger partial charge >= 0.3 is 0 Å². The Hall–Kier alpha value is -1.62. The third-order valence-electron chi connectivity index (χ3n) is 2.50. The van der Waals surface area contributed by atoms with E-state index in [1.54, 1.807) is 6.07 Å². The molecule has 8 heteroatoms. The number of alkyl halides is 2. The topological polar surface area (TPSA) is 99.5 Å². The van der Waals surface area contributed by atoms with E-state index in [1.807, 2.05) is 0 Å². The van der Waals surface area contributed by atoms with E-state index in [4.69, 9.17) is 20.8 Å². The van der Waals surface area contributed by atoms with Crippen LogP contribution in [0.15, 0.2) is 12.1 Å². The van der Waals surface area contributed by atoms with Gasteiger partial charge in [-0.25, -0.2) is 8.78 Å². The number of nitriles is 1. The van der Waals surface area contributed by atoms with Crippen LogP contribution >= 0.6 is 12.4 Å². The molecule has 5 nitrogen and oxygen atoms in total. The minimum absolute atomic E-state index is 0. The van der Waals surface area contributed by atoms with Crippen molar-refractivity contribution in [3.05, 3.63) is 23.3 Å². The Morgan fingerprint density at radius 2 is 2.11 bits per heavy atom. The average Bonchev–Trinajstić information content (AvgIpc) is 2.37. The smallest absolute Gasteiger partial charge is 0.289 e. The largest absolute Gasteiger partial charge is 0.504 e. The Bertz CT molecular complexity index is 492. The van der Waals surface area contributed by atoms with Crippen LogP contribution < -0.4 is 10.5 Å². The van der Waals surface area contributed by atoms with Crippen LogP contribution in [0.4, 0.5) is 8.78 Å². The van der Waals surface area contributed by atoms with E-state index in [1.165, 1.54) is 19.2 Å². The van der Waals surface area contributed by atoms with Gasteiger partial charge in [-0.3, -0.25) is 0 Å². The van der Waals surface area contributed by atoms with Crippen LogP contribution in [0, 0.1) is 11.3 Å². The summed E-state index contributed by atoms with van der Waals surface area (Å²) < 4.78 is 31.4. The molecule has 1 rings (SSSR count). The first-order chi connectivity index (χ1) is 8.38. The van der Waals surface area contributed by atoms with Gasteiger partial charge in [0.1, 0.15) is 12.6 Å². The summed E-state index contributed by atoms with van der Waals surface area (Å²) in [6.07, 6.45) is 0. The summed E-state index contributed by atoms with van der Waals surface area (Å²) in [5, 5.41) is 27.2. The molecule has 0 bridgehead atoms. The van der Waals surface area contributed by atoms with Crippen LogP contribution in [0.5, 0.6) is 11.5 Å². The fourth-order valence-corrected chi connectivity index (χ4v) is 1.47. The fourth-order valence-electron chi connectivity index (χ4n) is 1.47. The highest BCUT2D eigenvalue weighted by atomic mass is 35.5. The average molecular weight is 295 g/mol. The third kappa shape index (κ3) is 3.23. The molecule has 0 fully saturated rings. The zero-order chi connectivity index (χ0) is 13.9. The number of halogens is 3. The maximum atomic E-state index is 13.3. The molecule has 0 unspecified atom stereocenters. The van der Waals surface area contributed by atoms with Crippen LogP contribution in [0.1, 0.15) is 17.2 Å². The molecule has 0 aliphatic carbocycles. The van der Waals surface area contributed by atoms with E-state index in [-0.39, 0.29) is 23.7 Å². The summed E-state index contributed by atoms with van der Waals surface area (Å²) >= 11 is 0. The van der Waals surface area contributed by atoms with Crippen molar-refractivity contribution >= 4 is 12.4 Å². The minimum Gasteiger partial charge on any atom is -0.504 e. The summed E-state index contributed by atoms with van der Waals surface area (Å²) in [4.78, 5) is 0. The molecular weight excluding hydrogens is 282 g/mol. The number of aromatic hydroxyl groups is 1. The Morgan fingerprint density at radius 1 is 1.53 bits per heavy atom. The molecular formula is C11H13ClF2N2O3. The molecule has 1 aromatic carbocycles. The minimum atomic E-state index is -3.66. The lowest BCUT2D eigenvalue weighted by molar-refractivity contribution is -0.0716.